The van der Waals surface area contributed by atoms with E-state index in [1.807, 2.05) is 12.1 Å². The summed E-state index contributed by atoms with van der Waals surface area (Å²) in [5.41, 5.74) is 2.58. The van der Waals surface area contributed by atoms with Gasteiger partial charge in [0.05, 0.1) is 18.0 Å². The van der Waals surface area contributed by atoms with Gasteiger partial charge in [0.15, 0.2) is 0 Å². The topological polar surface area (TPSA) is 68.2 Å². The minimum atomic E-state index is -4.39. The van der Waals surface area contributed by atoms with E-state index in [1.54, 1.807) is 35.0 Å². The second-order valence-corrected chi connectivity index (χ2v) is 7.87. The van der Waals surface area contributed by atoms with Crippen LogP contribution in [-0.4, -0.2) is 41.6 Å². The van der Waals surface area contributed by atoms with Crippen LogP contribution in [-0.2, 0) is 16.1 Å². The molecule has 2 aromatic carbocycles. The van der Waals surface area contributed by atoms with Crippen LogP contribution in [0.25, 0.3) is 16.9 Å². The predicted molar refractivity (Wildman–Crippen MR) is 114 cm³/mol. The molecule has 1 fully saturated rings. The maximum absolute atomic E-state index is 13.4. The van der Waals surface area contributed by atoms with Crippen molar-refractivity contribution in [2.24, 2.45) is 5.92 Å². The number of amides is 1. The number of aromatic nitrogens is 2. The number of hydrogen-bond acceptors (Lipinski definition) is 4. The maximum atomic E-state index is 13.4. The Morgan fingerprint density at radius 2 is 1.94 bits per heavy atom. The fourth-order valence-corrected chi connectivity index (χ4v) is 3.62. The minimum Gasteiger partial charge on any atom is -0.368 e. The normalized spacial score (nSPS) is 16.1. The lowest BCUT2D eigenvalue weighted by atomic mass is 10.1. The van der Waals surface area contributed by atoms with E-state index in [2.05, 4.69) is 15.7 Å². The highest BCUT2D eigenvalue weighted by atomic mass is 19.4. The van der Waals surface area contributed by atoms with Gasteiger partial charge in [0, 0.05) is 37.1 Å². The molecule has 6 nitrogen and oxygen atoms in total. The molecule has 1 aromatic heterocycles. The number of nitrogens with one attached hydrogen (secondary N) is 2. The molecular weight excluding hydrogens is 440 g/mol. The van der Waals surface area contributed by atoms with Crippen molar-refractivity contribution in [3.8, 4) is 16.9 Å². The maximum Gasteiger partial charge on any atom is 0.411 e. The number of nitrogens with zero attached hydrogens (tertiary/aromatic N) is 2. The van der Waals surface area contributed by atoms with Gasteiger partial charge in [-0.2, -0.15) is 13.2 Å². The number of halogens is 4. The zero-order valence-electron chi connectivity index (χ0n) is 17.5. The highest BCUT2D eigenvalue weighted by Gasteiger charge is 2.27. The SMILES string of the molecule is O=C1C[C@H](CNc2cc(-c3cccc(COCC(F)(F)F)c3)n(-c3ccc(F)cc3)n2)CN1. The molecule has 0 unspecified atom stereocenters. The van der Waals surface area contributed by atoms with Crippen LogP contribution in [0.2, 0.25) is 0 Å². The Bertz CT molecular complexity index is 1110. The van der Waals surface area contributed by atoms with Gasteiger partial charge < -0.3 is 15.4 Å². The molecule has 1 atom stereocenters. The summed E-state index contributed by atoms with van der Waals surface area (Å²) in [5, 5.41) is 10.6. The summed E-state index contributed by atoms with van der Waals surface area (Å²) in [6.45, 7) is -0.371. The summed E-state index contributed by atoms with van der Waals surface area (Å²) in [6, 6.07) is 14.6. The van der Waals surface area contributed by atoms with E-state index in [1.165, 1.54) is 12.1 Å². The van der Waals surface area contributed by atoms with E-state index in [4.69, 9.17) is 4.74 Å². The van der Waals surface area contributed by atoms with Crippen LogP contribution >= 0.6 is 0 Å². The van der Waals surface area contributed by atoms with Gasteiger partial charge in [0.2, 0.25) is 5.91 Å². The highest BCUT2D eigenvalue weighted by Crippen LogP contribution is 2.28. The zero-order chi connectivity index (χ0) is 23.4. The number of carbonyl (C=O) groups excluding carboxylic acids is 1. The van der Waals surface area contributed by atoms with Gasteiger partial charge in [-0.05, 0) is 35.9 Å². The van der Waals surface area contributed by atoms with Crippen molar-refractivity contribution in [1.29, 1.82) is 0 Å². The third-order valence-electron chi connectivity index (χ3n) is 5.17. The molecule has 33 heavy (non-hydrogen) atoms. The van der Waals surface area contributed by atoms with Gasteiger partial charge in [-0.15, -0.1) is 5.10 Å². The second kappa shape index (κ2) is 9.62. The fourth-order valence-electron chi connectivity index (χ4n) is 3.62. The van der Waals surface area contributed by atoms with Crippen LogP contribution < -0.4 is 10.6 Å². The number of rotatable bonds is 8. The Kier molecular flexibility index (Phi) is 6.64. The van der Waals surface area contributed by atoms with Crippen molar-refractivity contribution in [3.63, 3.8) is 0 Å². The molecule has 2 heterocycles. The van der Waals surface area contributed by atoms with E-state index >= 15 is 0 Å². The summed E-state index contributed by atoms with van der Waals surface area (Å²) < 4.78 is 57.0. The molecule has 3 aromatic rings. The van der Waals surface area contributed by atoms with Gasteiger partial charge >= 0.3 is 6.18 Å². The van der Waals surface area contributed by atoms with E-state index in [-0.39, 0.29) is 24.2 Å². The molecule has 0 spiro atoms. The van der Waals surface area contributed by atoms with Crippen molar-refractivity contribution in [2.45, 2.75) is 19.2 Å². The first kappa shape index (κ1) is 22.8. The Morgan fingerprint density at radius 1 is 1.15 bits per heavy atom. The van der Waals surface area contributed by atoms with Crippen molar-refractivity contribution < 1.29 is 27.1 Å². The number of ether oxygens (including phenoxy) is 1. The molecule has 4 rings (SSSR count). The van der Waals surface area contributed by atoms with Crippen LogP contribution in [0.1, 0.15) is 12.0 Å². The van der Waals surface area contributed by atoms with Crippen molar-refractivity contribution >= 4 is 11.7 Å². The highest BCUT2D eigenvalue weighted by molar-refractivity contribution is 5.78. The molecule has 1 amide bonds. The van der Waals surface area contributed by atoms with Crippen LogP contribution in [0.4, 0.5) is 23.4 Å². The van der Waals surface area contributed by atoms with Gasteiger partial charge in [-0.1, -0.05) is 18.2 Å². The average molecular weight is 462 g/mol. The Labute approximate surface area is 187 Å². The predicted octanol–water partition coefficient (Wildman–Crippen LogP) is 4.31. The van der Waals surface area contributed by atoms with Crippen LogP contribution in [0.5, 0.6) is 0 Å². The lowest BCUT2D eigenvalue weighted by Crippen LogP contribution is -2.18. The molecule has 0 bridgehead atoms. The number of carbonyl (C=O) groups is 1. The number of benzene rings is 2. The molecule has 2 N–H and O–H groups in total. The molecular formula is C23H22F4N4O2. The molecule has 174 valence electrons. The summed E-state index contributed by atoms with van der Waals surface area (Å²) in [5.74, 6) is 0.343. The first-order chi connectivity index (χ1) is 15.8. The quantitative estimate of drug-likeness (QED) is 0.490. The average Bonchev–Trinajstić information content (AvgIpc) is 3.38. The largest absolute Gasteiger partial charge is 0.411 e. The number of alkyl halides is 3. The van der Waals surface area contributed by atoms with Crippen molar-refractivity contribution in [3.05, 3.63) is 66.0 Å². The first-order valence-electron chi connectivity index (χ1n) is 10.4. The number of anilines is 1. The third-order valence-corrected chi connectivity index (χ3v) is 5.17. The molecule has 0 saturated carbocycles. The fraction of sp³-hybridized carbons (Fsp3) is 0.304. The Morgan fingerprint density at radius 3 is 2.64 bits per heavy atom. The van der Waals surface area contributed by atoms with Crippen LogP contribution in [0.15, 0.2) is 54.6 Å². The summed E-state index contributed by atoms with van der Waals surface area (Å²) in [4.78, 5) is 11.4. The summed E-state index contributed by atoms with van der Waals surface area (Å²) >= 11 is 0. The number of hydrogen-bond donors (Lipinski definition) is 2. The van der Waals surface area contributed by atoms with E-state index in [0.29, 0.717) is 47.8 Å². The van der Waals surface area contributed by atoms with Gasteiger partial charge in [-0.3, -0.25) is 4.79 Å². The summed E-state index contributed by atoms with van der Waals surface area (Å²) in [7, 11) is 0. The second-order valence-electron chi connectivity index (χ2n) is 7.87. The minimum absolute atomic E-state index is 0.0175. The van der Waals surface area contributed by atoms with E-state index < -0.39 is 12.8 Å². The molecule has 10 heteroatoms. The standard InChI is InChI=1S/C23H22F4N4O2/c24-18-4-6-19(7-5-18)31-20(10-21(30-31)28-11-16-9-22(32)29-12-16)17-3-1-2-15(8-17)13-33-14-23(25,26)27/h1-8,10,16H,9,11-14H2,(H,28,30)(H,29,32)/t16-/m1/s1. The van der Waals surface area contributed by atoms with Gasteiger partial charge in [0.25, 0.3) is 0 Å². The lowest BCUT2D eigenvalue weighted by molar-refractivity contribution is -0.176. The summed E-state index contributed by atoms with van der Waals surface area (Å²) in [6.07, 6.45) is -3.95. The molecule has 0 aliphatic carbocycles. The third kappa shape index (κ3) is 6.10. The Hall–Kier alpha value is -3.40. The van der Waals surface area contributed by atoms with Crippen LogP contribution in [0.3, 0.4) is 0 Å². The van der Waals surface area contributed by atoms with Crippen molar-refractivity contribution in [1.82, 2.24) is 15.1 Å². The van der Waals surface area contributed by atoms with Crippen LogP contribution in [0, 0.1) is 11.7 Å². The van der Waals surface area contributed by atoms with Gasteiger partial charge in [-0.25, -0.2) is 9.07 Å². The zero-order valence-corrected chi connectivity index (χ0v) is 17.5. The lowest BCUT2D eigenvalue weighted by Gasteiger charge is -2.10. The first-order valence-corrected chi connectivity index (χ1v) is 10.4. The molecule has 0 radical (unpaired) electrons. The molecule has 1 aliphatic rings. The van der Waals surface area contributed by atoms with E-state index in [9.17, 15) is 22.4 Å². The van der Waals surface area contributed by atoms with Crippen molar-refractivity contribution in [2.75, 3.05) is 25.0 Å². The van der Waals surface area contributed by atoms with E-state index in [0.717, 1.165) is 0 Å². The molecule has 1 saturated heterocycles. The molecule has 1 aliphatic heterocycles. The van der Waals surface area contributed by atoms with Gasteiger partial charge in [0.1, 0.15) is 18.2 Å². The monoisotopic (exact) mass is 462 g/mol. The Balaban J connectivity index is 1.59. The smallest absolute Gasteiger partial charge is 0.368 e.